The zero-order valence-electron chi connectivity index (χ0n) is 14.4. The van der Waals surface area contributed by atoms with Gasteiger partial charge in [0, 0.05) is 21.1 Å². The van der Waals surface area contributed by atoms with E-state index in [1.54, 1.807) is 18.1 Å². The van der Waals surface area contributed by atoms with Crippen molar-refractivity contribution in [1.82, 2.24) is 25.0 Å². The Labute approximate surface area is 147 Å². The number of halogens is 1. The molecule has 1 heterocycles. The summed E-state index contributed by atoms with van der Waals surface area (Å²) in [5.41, 5.74) is 0. The van der Waals surface area contributed by atoms with E-state index in [0.717, 1.165) is 11.8 Å². The van der Waals surface area contributed by atoms with Crippen LogP contribution in [0.2, 0.25) is 5.02 Å². The van der Waals surface area contributed by atoms with Gasteiger partial charge in [-0.3, -0.25) is 9.67 Å². The van der Waals surface area contributed by atoms with E-state index in [2.05, 4.69) is 20.4 Å². The molecule has 1 atom stereocenters. The first-order valence-electron chi connectivity index (χ1n) is 7.67. The molecule has 1 aromatic carbocycles. The summed E-state index contributed by atoms with van der Waals surface area (Å²) in [5.74, 6) is 2.30. The second-order valence-electron chi connectivity index (χ2n) is 5.44. The molecule has 0 aliphatic heterocycles. The topological polar surface area (TPSA) is 67.6 Å². The van der Waals surface area contributed by atoms with Gasteiger partial charge in [-0.1, -0.05) is 23.7 Å². The molecular formula is C16H23ClN6O. The maximum absolute atomic E-state index is 6.11. The van der Waals surface area contributed by atoms with Gasteiger partial charge in [-0.25, -0.2) is 4.98 Å². The number of aliphatic imine (C=N–C) groups is 1. The minimum Gasteiger partial charge on any atom is -0.487 e. The molecule has 1 aromatic heterocycles. The molecule has 7 nitrogen and oxygen atoms in total. The van der Waals surface area contributed by atoms with E-state index in [4.69, 9.17) is 16.3 Å². The Morgan fingerprint density at radius 3 is 2.83 bits per heavy atom. The smallest absolute Gasteiger partial charge is 0.193 e. The van der Waals surface area contributed by atoms with Gasteiger partial charge in [-0.15, -0.1) is 0 Å². The van der Waals surface area contributed by atoms with Crippen molar-refractivity contribution in [3.63, 3.8) is 0 Å². The molecule has 0 amide bonds. The minimum absolute atomic E-state index is 0.0649. The lowest BCUT2D eigenvalue weighted by molar-refractivity contribution is 0.222. The highest BCUT2D eigenvalue weighted by Crippen LogP contribution is 2.23. The number of guanidine groups is 1. The van der Waals surface area contributed by atoms with Gasteiger partial charge in [0.25, 0.3) is 0 Å². The Morgan fingerprint density at radius 1 is 1.46 bits per heavy atom. The number of ether oxygens (including phenoxy) is 1. The molecule has 0 aliphatic rings. The van der Waals surface area contributed by atoms with Crippen molar-refractivity contribution in [3.05, 3.63) is 41.4 Å². The second-order valence-corrected chi connectivity index (χ2v) is 5.85. The summed E-state index contributed by atoms with van der Waals surface area (Å²) in [6.45, 7) is 3.18. The molecule has 0 fully saturated rings. The summed E-state index contributed by atoms with van der Waals surface area (Å²) in [6.07, 6.45) is 1.48. The summed E-state index contributed by atoms with van der Waals surface area (Å²) in [5, 5.41) is 7.97. The van der Waals surface area contributed by atoms with Crippen molar-refractivity contribution in [3.8, 4) is 5.75 Å². The number of aryl methyl sites for hydroxylation is 1. The Kier molecular flexibility index (Phi) is 6.43. The van der Waals surface area contributed by atoms with Crippen LogP contribution in [-0.2, 0) is 13.6 Å². The van der Waals surface area contributed by atoms with Crippen molar-refractivity contribution in [2.45, 2.75) is 19.6 Å². The van der Waals surface area contributed by atoms with Crippen molar-refractivity contribution >= 4 is 17.6 Å². The largest absolute Gasteiger partial charge is 0.487 e. The number of aromatic nitrogens is 3. The van der Waals surface area contributed by atoms with E-state index in [0.29, 0.717) is 23.9 Å². The fourth-order valence-corrected chi connectivity index (χ4v) is 2.35. The van der Waals surface area contributed by atoms with Crippen molar-refractivity contribution in [2.75, 3.05) is 20.6 Å². The molecule has 0 aliphatic carbocycles. The van der Waals surface area contributed by atoms with Crippen LogP contribution in [0.3, 0.4) is 0 Å². The number of para-hydroxylation sites is 1. The standard InChI is InChI=1S/C16H23ClN6O/c1-12(24-14-8-6-5-7-13(14)17)9-19-16(18-2)22(3)10-15-20-11-21-23(15)4/h5-8,11-12H,9-10H2,1-4H3,(H,18,19). The van der Waals surface area contributed by atoms with Crippen LogP contribution in [0.4, 0.5) is 0 Å². The summed E-state index contributed by atoms with van der Waals surface area (Å²) in [7, 11) is 5.56. The highest BCUT2D eigenvalue weighted by atomic mass is 35.5. The van der Waals surface area contributed by atoms with Crippen LogP contribution < -0.4 is 10.1 Å². The van der Waals surface area contributed by atoms with E-state index in [-0.39, 0.29) is 6.10 Å². The maximum atomic E-state index is 6.11. The highest BCUT2D eigenvalue weighted by Gasteiger charge is 2.12. The van der Waals surface area contributed by atoms with Crippen molar-refractivity contribution < 1.29 is 4.74 Å². The van der Waals surface area contributed by atoms with Crippen molar-refractivity contribution in [2.24, 2.45) is 12.0 Å². The first-order valence-corrected chi connectivity index (χ1v) is 8.05. The number of hydrogen-bond donors (Lipinski definition) is 1. The third-order valence-corrected chi connectivity index (χ3v) is 3.78. The normalized spacial score (nSPS) is 12.8. The molecule has 2 rings (SSSR count). The van der Waals surface area contributed by atoms with E-state index in [9.17, 15) is 0 Å². The molecule has 130 valence electrons. The third-order valence-electron chi connectivity index (χ3n) is 3.47. The lowest BCUT2D eigenvalue weighted by atomic mass is 10.3. The van der Waals surface area contributed by atoms with Gasteiger partial charge < -0.3 is 15.0 Å². The van der Waals surface area contributed by atoms with Gasteiger partial charge >= 0.3 is 0 Å². The second kappa shape index (κ2) is 8.54. The SMILES string of the molecule is CN=C(NCC(C)Oc1ccccc1Cl)N(C)Cc1ncnn1C. The van der Waals surface area contributed by atoms with E-state index in [1.807, 2.05) is 50.2 Å². The molecule has 24 heavy (non-hydrogen) atoms. The van der Waals surface area contributed by atoms with Crippen LogP contribution in [0.25, 0.3) is 0 Å². The Morgan fingerprint density at radius 2 is 2.21 bits per heavy atom. The predicted octanol–water partition coefficient (Wildman–Crippen LogP) is 1.94. The van der Waals surface area contributed by atoms with Crippen LogP contribution >= 0.6 is 11.6 Å². The molecule has 0 saturated heterocycles. The van der Waals surface area contributed by atoms with E-state index < -0.39 is 0 Å². The monoisotopic (exact) mass is 350 g/mol. The van der Waals surface area contributed by atoms with Gasteiger partial charge in [-0.05, 0) is 19.1 Å². The summed E-state index contributed by atoms with van der Waals surface area (Å²) < 4.78 is 7.59. The molecule has 1 N–H and O–H groups in total. The minimum atomic E-state index is -0.0649. The van der Waals surface area contributed by atoms with Gasteiger partial charge in [0.2, 0.25) is 0 Å². The first-order chi connectivity index (χ1) is 11.5. The molecule has 8 heteroatoms. The molecule has 0 radical (unpaired) electrons. The number of rotatable bonds is 6. The summed E-state index contributed by atoms with van der Waals surface area (Å²) in [6, 6.07) is 7.44. The Balaban J connectivity index is 1.86. The van der Waals surface area contributed by atoms with Crippen LogP contribution in [-0.4, -0.2) is 52.4 Å². The highest BCUT2D eigenvalue weighted by molar-refractivity contribution is 6.32. The average molecular weight is 351 g/mol. The fourth-order valence-electron chi connectivity index (χ4n) is 2.17. The van der Waals surface area contributed by atoms with E-state index >= 15 is 0 Å². The lowest BCUT2D eigenvalue weighted by Gasteiger charge is -2.23. The Bertz CT molecular complexity index is 687. The van der Waals surface area contributed by atoms with Crippen molar-refractivity contribution in [1.29, 1.82) is 0 Å². The maximum Gasteiger partial charge on any atom is 0.193 e. The number of hydrogen-bond acceptors (Lipinski definition) is 4. The quantitative estimate of drug-likeness (QED) is 0.637. The number of nitrogens with one attached hydrogen (secondary N) is 1. The van der Waals surface area contributed by atoms with Crippen LogP contribution in [0.1, 0.15) is 12.7 Å². The summed E-state index contributed by atoms with van der Waals surface area (Å²) in [4.78, 5) is 10.5. The van der Waals surface area contributed by atoms with Crippen LogP contribution in [0.5, 0.6) is 5.75 Å². The zero-order valence-corrected chi connectivity index (χ0v) is 15.2. The molecule has 0 bridgehead atoms. The molecule has 2 aromatic rings. The number of benzene rings is 1. The average Bonchev–Trinajstić information content (AvgIpc) is 2.95. The lowest BCUT2D eigenvalue weighted by Crippen LogP contribution is -2.42. The van der Waals surface area contributed by atoms with Gasteiger partial charge in [0.05, 0.1) is 18.1 Å². The van der Waals surface area contributed by atoms with Crippen LogP contribution in [0, 0.1) is 0 Å². The Hall–Kier alpha value is -2.28. The first kappa shape index (κ1) is 18.1. The van der Waals surface area contributed by atoms with Gasteiger partial charge in [-0.2, -0.15) is 5.10 Å². The molecule has 0 saturated carbocycles. The fraction of sp³-hybridized carbons (Fsp3) is 0.438. The molecular weight excluding hydrogens is 328 g/mol. The summed E-state index contributed by atoms with van der Waals surface area (Å²) >= 11 is 6.11. The number of nitrogens with zero attached hydrogens (tertiary/aromatic N) is 5. The van der Waals surface area contributed by atoms with Gasteiger partial charge in [0.1, 0.15) is 24.0 Å². The van der Waals surface area contributed by atoms with E-state index in [1.165, 1.54) is 0 Å². The zero-order chi connectivity index (χ0) is 17.5. The predicted molar refractivity (Wildman–Crippen MR) is 95.4 cm³/mol. The molecule has 1 unspecified atom stereocenters. The van der Waals surface area contributed by atoms with Gasteiger partial charge in [0.15, 0.2) is 5.96 Å². The third kappa shape index (κ3) is 4.86. The van der Waals surface area contributed by atoms with Crippen LogP contribution in [0.15, 0.2) is 35.6 Å². The molecule has 0 spiro atoms.